The Morgan fingerprint density at radius 3 is 2.81 bits per heavy atom. The van der Waals surface area contributed by atoms with Crippen molar-refractivity contribution in [1.29, 1.82) is 0 Å². The van der Waals surface area contributed by atoms with Gasteiger partial charge in [0.15, 0.2) is 0 Å². The highest BCUT2D eigenvalue weighted by molar-refractivity contribution is 6.35. The lowest BCUT2D eigenvalue weighted by molar-refractivity contribution is 0.119. The fourth-order valence-electron chi connectivity index (χ4n) is 2.64. The molecular weight excluding hydrogens is 313 g/mol. The zero-order chi connectivity index (χ0) is 14.8. The Hall–Kier alpha value is -1.17. The minimum atomic E-state index is -0.436. The van der Waals surface area contributed by atoms with Gasteiger partial charge in [-0.25, -0.2) is 4.98 Å². The number of pyridine rings is 1. The van der Waals surface area contributed by atoms with Crippen LogP contribution in [0.3, 0.4) is 0 Å². The van der Waals surface area contributed by atoms with E-state index < -0.39 is 6.10 Å². The third-order valence-corrected chi connectivity index (χ3v) is 4.25. The first kappa shape index (κ1) is 14.8. The Bertz CT molecular complexity index is 632. The van der Waals surface area contributed by atoms with Crippen molar-refractivity contribution < 1.29 is 9.63 Å². The molecule has 1 aliphatic rings. The Morgan fingerprint density at radius 2 is 2.00 bits per heavy atom. The molecule has 0 aromatic carbocycles. The van der Waals surface area contributed by atoms with Crippen molar-refractivity contribution in [2.75, 3.05) is 0 Å². The van der Waals surface area contributed by atoms with Crippen molar-refractivity contribution in [2.24, 2.45) is 0 Å². The molecule has 2 heterocycles. The standard InChI is InChI=1S/C14H15Cl2N3O2/c15-8-6-10(16)12(17-7-8)13-18-14(21-19-13)9-4-2-1-3-5-11(9)20/h6-7,9,11,20H,1-5H2. The van der Waals surface area contributed by atoms with Crippen molar-refractivity contribution in [3.63, 3.8) is 0 Å². The highest BCUT2D eigenvalue weighted by Gasteiger charge is 2.28. The smallest absolute Gasteiger partial charge is 0.232 e. The third kappa shape index (κ3) is 3.20. The van der Waals surface area contributed by atoms with Crippen molar-refractivity contribution in [1.82, 2.24) is 15.1 Å². The first-order chi connectivity index (χ1) is 10.1. The van der Waals surface area contributed by atoms with Gasteiger partial charge in [-0.1, -0.05) is 47.6 Å². The van der Waals surface area contributed by atoms with E-state index in [4.69, 9.17) is 27.7 Å². The molecule has 2 aromatic rings. The van der Waals surface area contributed by atoms with Crippen LogP contribution in [0.1, 0.15) is 43.9 Å². The number of aromatic nitrogens is 3. The molecule has 5 nitrogen and oxygen atoms in total. The van der Waals surface area contributed by atoms with E-state index in [1.165, 1.54) is 6.20 Å². The molecule has 1 aliphatic carbocycles. The van der Waals surface area contributed by atoms with E-state index in [0.29, 0.717) is 27.5 Å². The summed E-state index contributed by atoms with van der Waals surface area (Å²) in [5.41, 5.74) is 0.430. The summed E-state index contributed by atoms with van der Waals surface area (Å²) >= 11 is 11.9. The Labute approximate surface area is 132 Å². The van der Waals surface area contributed by atoms with Gasteiger partial charge in [0.1, 0.15) is 5.69 Å². The number of aliphatic hydroxyl groups excluding tert-OH is 1. The van der Waals surface area contributed by atoms with Crippen LogP contribution in [0.5, 0.6) is 0 Å². The average molecular weight is 328 g/mol. The molecule has 0 aliphatic heterocycles. The average Bonchev–Trinajstić information content (AvgIpc) is 2.82. The fraction of sp³-hybridized carbons (Fsp3) is 0.500. The summed E-state index contributed by atoms with van der Waals surface area (Å²) in [5.74, 6) is 0.662. The molecule has 2 aromatic heterocycles. The van der Waals surface area contributed by atoms with Gasteiger partial charge in [0.05, 0.1) is 22.1 Å². The van der Waals surface area contributed by atoms with Gasteiger partial charge in [0.25, 0.3) is 0 Å². The topological polar surface area (TPSA) is 72.0 Å². The summed E-state index contributed by atoms with van der Waals surface area (Å²) in [4.78, 5) is 8.49. The van der Waals surface area contributed by atoms with Crippen LogP contribution < -0.4 is 0 Å². The van der Waals surface area contributed by atoms with Crippen LogP contribution in [-0.4, -0.2) is 26.3 Å². The summed E-state index contributed by atoms with van der Waals surface area (Å²) in [6, 6.07) is 1.59. The fourth-order valence-corrected chi connectivity index (χ4v) is 3.10. The zero-order valence-corrected chi connectivity index (χ0v) is 12.8. The van der Waals surface area contributed by atoms with Crippen molar-refractivity contribution in [3.8, 4) is 11.5 Å². The van der Waals surface area contributed by atoms with Crippen LogP contribution in [0.25, 0.3) is 11.5 Å². The molecule has 2 atom stereocenters. The second-order valence-electron chi connectivity index (χ2n) is 5.25. The number of hydrogen-bond donors (Lipinski definition) is 1. The van der Waals surface area contributed by atoms with Crippen LogP contribution in [0, 0.1) is 0 Å². The van der Waals surface area contributed by atoms with Gasteiger partial charge in [0.2, 0.25) is 11.7 Å². The minimum Gasteiger partial charge on any atom is -0.392 e. The summed E-state index contributed by atoms with van der Waals surface area (Å²) in [6.45, 7) is 0. The first-order valence-electron chi connectivity index (χ1n) is 6.98. The third-order valence-electron chi connectivity index (χ3n) is 3.76. The maximum absolute atomic E-state index is 10.2. The molecule has 0 spiro atoms. The minimum absolute atomic E-state index is 0.111. The lowest BCUT2D eigenvalue weighted by Gasteiger charge is -2.15. The molecule has 1 N–H and O–H groups in total. The second kappa shape index (κ2) is 6.30. The van der Waals surface area contributed by atoms with Crippen LogP contribution >= 0.6 is 23.2 Å². The van der Waals surface area contributed by atoms with Crippen LogP contribution in [0.4, 0.5) is 0 Å². The number of aliphatic hydroxyl groups is 1. The van der Waals surface area contributed by atoms with E-state index >= 15 is 0 Å². The molecule has 0 saturated heterocycles. The molecule has 112 valence electrons. The monoisotopic (exact) mass is 327 g/mol. The van der Waals surface area contributed by atoms with Gasteiger partial charge in [-0.3, -0.25) is 0 Å². The maximum Gasteiger partial charge on any atom is 0.232 e. The van der Waals surface area contributed by atoms with Gasteiger partial charge in [0, 0.05) is 6.20 Å². The van der Waals surface area contributed by atoms with Gasteiger partial charge in [-0.05, 0) is 18.9 Å². The van der Waals surface area contributed by atoms with Crippen LogP contribution in [0.2, 0.25) is 10.0 Å². The van der Waals surface area contributed by atoms with E-state index in [2.05, 4.69) is 15.1 Å². The number of rotatable bonds is 2. The van der Waals surface area contributed by atoms with Crippen molar-refractivity contribution >= 4 is 23.2 Å². The molecule has 1 saturated carbocycles. The normalized spacial score (nSPS) is 23.0. The maximum atomic E-state index is 10.2. The number of halogens is 2. The SMILES string of the molecule is OC1CCCCCC1c1nc(-c2ncc(Cl)cc2Cl)no1. The molecule has 3 rings (SSSR count). The molecule has 1 fully saturated rings. The van der Waals surface area contributed by atoms with E-state index in [-0.39, 0.29) is 5.92 Å². The summed E-state index contributed by atoms with van der Waals surface area (Å²) in [5, 5.41) is 14.9. The van der Waals surface area contributed by atoms with Crippen molar-refractivity contribution in [3.05, 3.63) is 28.2 Å². The van der Waals surface area contributed by atoms with Crippen LogP contribution in [0.15, 0.2) is 16.8 Å². The van der Waals surface area contributed by atoms with Gasteiger partial charge in [-0.15, -0.1) is 0 Å². The lowest BCUT2D eigenvalue weighted by atomic mass is 9.97. The van der Waals surface area contributed by atoms with E-state index in [9.17, 15) is 5.11 Å². The molecule has 21 heavy (non-hydrogen) atoms. The molecule has 0 bridgehead atoms. The predicted molar refractivity (Wildman–Crippen MR) is 79.4 cm³/mol. The zero-order valence-electron chi connectivity index (χ0n) is 11.3. The summed E-state index contributed by atoms with van der Waals surface area (Å²) in [6.07, 6.45) is 5.88. The highest BCUT2D eigenvalue weighted by Crippen LogP contribution is 2.33. The largest absolute Gasteiger partial charge is 0.392 e. The molecule has 7 heteroatoms. The molecule has 0 amide bonds. The Balaban J connectivity index is 1.88. The molecular formula is C14H15Cl2N3O2. The van der Waals surface area contributed by atoms with E-state index in [1.54, 1.807) is 6.07 Å². The van der Waals surface area contributed by atoms with Gasteiger partial charge >= 0.3 is 0 Å². The second-order valence-corrected chi connectivity index (χ2v) is 6.10. The van der Waals surface area contributed by atoms with E-state index in [1.807, 2.05) is 0 Å². The van der Waals surface area contributed by atoms with Gasteiger partial charge < -0.3 is 9.63 Å². The Kier molecular flexibility index (Phi) is 4.42. The molecule has 0 radical (unpaired) electrons. The lowest BCUT2D eigenvalue weighted by Crippen LogP contribution is -2.17. The van der Waals surface area contributed by atoms with Gasteiger partial charge in [-0.2, -0.15) is 4.98 Å². The highest BCUT2D eigenvalue weighted by atomic mass is 35.5. The summed E-state index contributed by atoms with van der Waals surface area (Å²) in [7, 11) is 0. The quantitative estimate of drug-likeness (QED) is 0.848. The van der Waals surface area contributed by atoms with Crippen LogP contribution in [-0.2, 0) is 0 Å². The summed E-state index contributed by atoms with van der Waals surface area (Å²) < 4.78 is 5.32. The molecule has 2 unspecified atom stereocenters. The Morgan fingerprint density at radius 1 is 1.19 bits per heavy atom. The van der Waals surface area contributed by atoms with Crippen molar-refractivity contribution in [2.45, 2.75) is 44.1 Å². The predicted octanol–water partition coefficient (Wildman–Crippen LogP) is 3.85. The number of nitrogens with zero attached hydrogens (tertiary/aromatic N) is 3. The van der Waals surface area contributed by atoms with E-state index in [0.717, 1.165) is 32.1 Å². The number of hydrogen-bond acceptors (Lipinski definition) is 5. The first-order valence-corrected chi connectivity index (χ1v) is 7.74.